The van der Waals surface area contributed by atoms with E-state index in [2.05, 4.69) is 20.6 Å². The number of fused-ring (bicyclic) bond motifs is 1. The predicted molar refractivity (Wildman–Crippen MR) is 118 cm³/mol. The summed E-state index contributed by atoms with van der Waals surface area (Å²) in [6, 6.07) is 15.9. The van der Waals surface area contributed by atoms with Crippen LogP contribution in [0.15, 0.2) is 66.9 Å². The zero-order valence-electron chi connectivity index (χ0n) is 17.2. The van der Waals surface area contributed by atoms with Crippen LogP contribution in [0.2, 0.25) is 0 Å². The number of anilines is 2. The average Bonchev–Trinajstić information content (AvgIpc) is 3.30. The molecule has 0 amide bonds. The van der Waals surface area contributed by atoms with Crippen molar-refractivity contribution < 1.29 is 18.3 Å². The molecule has 0 aliphatic carbocycles. The number of hydrogen-bond acceptors (Lipinski definition) is 5. The molecule has 164 valence electrons. The van der Waals surface area contributed by atoms with Crippen molar-refractivity contribution in [2.75, 3.05) is 5.32 Å². The molecule has 0 bridgehead atoms. The summed E-state index contributed by atoms with van der Waals surface area (Å²) >= 11 is 0. The number of pyridine rings is 1. The highest BCUT2D eigenvalue weighted by Gasteiger charge is 2.14. The van der Waals surface area contributed by atoms with Crippen molar-refractivity contribution in [3.63, 3.8) is 0 Å². The lowest BCUT2D eigenvalue weighted by molar-refractivity contribution is 0.395. The molecule has 5 rings (SSSR count). The second-order valence-corrected chi connectivity index (χ2v) is 7.46. The number of phenolic OH excluding ortho intramolecular Hbond substituents is 1. The number of benzene rings is 3. The smallest absolute Gasteiger partial charge is 0.187 e. The van der Waals surface area contributed by atoms with Gasteiger partial charge in [-0.25, -0.2) is 22.8 Å². The molecule has 0 spiro atoms. The molecule has 33 heavy (non-hydrogen) atoms. The first-order valence-electron chi connectivity index (χ1n) is 9.93. The van der Waals surface area contributed by atoms with Crippen LogP contribution in [-0.2, 0) is 0 Å². The van der Waals surface area contributed by atoms with Gasteiger partial charge < -0.3 is 10.4 Å². The van der Waals surface area contributed by atoms with Gasteiger partial charge in [0.2, 0.25) is 0 Å². The Hall–Kier alpha value is -4.40. The van der Waals surface area contributed by atoms with Gasteiger partial charge in [0.1, 0.15) is 11.5 Å². The van der Waals surface area contributed by atoms with Gasteiger partial charge in [-0.15, -0.1) is 5.10 Å². The van der Waals surface area contributed by atoms with Crippen LogP contribution in [0.4, 0.5) is 24.5 Å². The van der Waals surface area contributed by atoms with E-state index >= 15 is 0 Å². The van der Waals surface area contributed by atoms with Gasteiger partial charge in [-0.05, 0) is 55.0 Å². The zero-order valence-corrected chi connectivity index (χ0v) is 17.2. The van der Waals surface area contributed by atoms with Crippen molar-refractivity contribution in [2.45, 2.75) is 6.92 Å². The molecule has 2 N–H and O–H groups in total. The first-order chi connectivity index (χ1) is 15.9. The molecule has 2 aromatic heterocycles. The lowest BCUT2D eigenvalue weighted by Crippen LogP contribution is -1.97. The third-order valence-electron chi connectivity index (χ3n) is 5.19. The van der Waals surface area contributed by atoms with Crippen LogP contribution in [0, 0.1) is 24.4 Å². The number of aromatic nitrogens is 4. The van der Waals surface area contributed by atoms with E-state index < -0.39 is 17.4 Å². The lowest BCUT2D eigenvalue weighted by Gasteiger charge is -2.11. The summed E-state index contributed by atoms with van der Waals surface area (Å²) in [5.41, 5.74) is 3.77. The Morgan fingerprint density at radius 1 is 0.879 bits per heavy atom. The minimum atomic E-state index is -1.10. The van der Waals surface area contributed by atoms with Crippen molar-refractivity contribution >= 4 is 22.3 Å². The SMILES string of the molecule is Cc1cc(Nc2cccc3nc(-c4cn(-c5cc(F)c(O)c(F)c5)nn4)ccc23)ccc1F. The Morgan fingerprint density at radius 2 is 1.67 bits per heavy atom. The quantitative estimate of drug-likeness (QED) is 0.372. The molecule has 0 saturated heterocycles. The molecule has 3 aromatic carbocycles. The number of aromatic hydroxyl groups is 1. The highest BCUT2D eigenvalue weighted by Crippen LogP contribution is 2.29. The molecule has 0 saturated carbocycles. The van der Waals surface area contributed by atoms with Crippen molar-refractivity contribution in [1.82, 2.24) is 20.0 Å². The molecule has 2 heterocycles. The van der Waals surface area contributed by atoms with E-state index in [9.17, 15) is 18.3 Å². The Bertz CT molecular complexity index is 1490. The first kappa shape index (κ1) is 20.5. The topological polar surface area (TPSA) is 75.9 Å². The molecule has 6 nitrogen and oxygen atoms in total. The third kappa shape index (κ3) is 3.84. The molecule has 0 aliphatic heterocycles. The van der Waals surface area contributed by atoms with Crippen LogP contribution in [0.5, 0.6) is 5.75 Å². The van der Waals surface area contributed by atoms with Crippen molar-refractivity contribution in [3.05, 3.63) is 89.9 Å². The average molecular weight is 447 g/mol. The molecule has 0 unspecified atom stereocenters. The summed E-state index contributed by atoms with van der Waals surface area (Å²) in [7, 11) is 0. The molecule has 0 radical (unpaired) electrons. The minimum Gasteiger partial charge on any atom is -0.503 e. The molecule has 0 aliphatic rings. The predicted octanol–water partition coefficient (Wildman–Crippen LogP) is 5.66. The van der Waals surface area contributed by atoms with Gasteiger partial charge in [-0.2, -0.15) is 0 Å². The van der Waals surface area contributed by atoms with Crippen LogP contribution >= 0.6 is 0 Å². The van der Waals surface area contributed by atoms with Crippen LogP contribution in [0.3, 0.4) is 0 Å². The Kier molecular flexibility index (Phi) is 4.93. The summed E-state index contributed by atoms with van der Waals surface area (Å²) < 4.78 is 42.1. The van der Waals surface area contributed by atoms with E-state index in [1.165, 1.54) is 16.9 Å². The van der Waals surface area contributed by atoms with Gasteiger partial charge in [0.25, 0.3) is 0 Å². The van der Waals surface area contributed by atoms with Gasteiger partial charge in [0, 0.05) is 28.9 Å². The number of nitrogens with one attached hydrogen (secondary N) is 1. The Morgan fingerprint density at radius 3 is 2.42 bits per heavy atom. The van der Waals surface area contributed by atoms with Crippen molar-refractivity contribution in [3.8, 4) is 22.8 Å². The van der Waals surface area contributed by atoms with E-state index in [0.717, 1.165) is 28.9 Å². The molecule has 5 aromatic rings. The van der Waals surface area contributed by atoms with E-state index in [0.29, 0.717) is 22.5 Å². The van der Waals surface area contributed by atoms with Crippen molar-refractivity contribution in [1.29, 1.82) is 0 Å². The molecule has 0 atom stereocenters. The monoisotopic (exact) mass is 447 g/mol. The largest absolute Gasteiger partial charge is 0.503 e. The maximum atomic E-state index is 13.7. The summed E-state index contributed by atoms with van der Waals surface area (Å²) in [6.45, 7) is 1.70. The number of nitrogens with zero attached hydrogens (tertiary/aromatic N) is 4. The van der Waals surface area contributed by atoms with E-state index in [-0.39, 0.29) is 11.5 Å². The summed E-state index contributed by atoms with van der Waals surface area (Å²) in [5.74, 6) is -3.50. The van der Waals surface area contributed by atoms with E-state index in [4.69, 9.17) is 0 Å². The number of hydrogen-bond donors (Lipinski definition) is 2. The van der Waals surface area contributed by atoms with Gasteiger partial charge in [-0.1, -0.05) is 11.3 Å². The minimum absolute atomic E-state index is 0.0726. The van der Waals surface area contributed by atoms with Gasteiger partial charge in [-0.3, -0.25) is 0 Å². The third-order valence-corrected chi connectivity index (χ3v) is 5.19. The van der Waals surface area contributed by atoms with Crippen LogP contribution in [0.1, 0.15) is 5.56 Å². The number of halogens is 3. The van der Waals surface area contributed by atoms with Gasteiger partial charge in [0.15, 0.2) is 17.4 Å². The zero-order chi connectivity index (χ0) is 23.1. The molecular weight excluding hydrogens is 431 g/mol. The molecule has 9 heteroatoms. The molecular formula is C24H16F3N5O. The standard InChI is InChI=1S/C24H16F3N5O/c1-13-9-14(5-7-17(13)25)28-20-3-2-4-21-16(20)6-8-22(29-21)23-12-32(31-30-23)15-10-18(26)24(33)19(27)11-15/h2-12,28,33H,1H3. The summed E-state index contributed by atoms with van der Waals surface area (Å²) in [6.07, 6.45) is 1.49. The van der Waals surface area contributed by atoms with Gasteiger partial charge >= 0.3 is 0 Å². The fourth-order valence-electron chi connectivity index (χ4n) is 3.48. The first-order valence-corrected chi connectivity index (χ1v) is 9.93. The van der Waals surface area contributed by atoms with Crippen molar-refractivity contribution in [2.24, 2.45) is 0 Å². The number of rotatable bonds is 4. The fraction of sp³-hybridized carbons (Fsp3) is 0.0417. The highest BCUT2D eigenvalue weighted by atomic mass is 19.1. The number of phenols is 1. The lowest BCUT2D eigenvalue weighted by atomic mass is 10.1. The van der Waals surface area contributed by atoms with E-state index in [1.54, 1.807) is 25.1 Å². The Labute approximate surface area is 186 Å². The Balaban J connectivity index is 1.48. The normalized spacial score (nSPS) is 11.2. The van der Waals surface area contributed by atoms with Gasteiger partial charge in [0.05, 0.1) is 23.1 Å². The second-order valence-electron chi connectivity index (χ2n) is 7.46. The maximum absolute atomic E-state index is 13.7. The van der Waals surface area contributed by atoms with Crippen LogP contribution in [-0.4, -0.2) is 25.1 Å². The highest BCUT2D eigenvalue weighted by molar-refractivity contribution is 5.94. The second kappa shape index (κ2) is 7.94. The van der Waals surface area contributed by atoms with Crippen LogP contribution in [0.25, 0.3) is 28.0 Å². The number of aryl methyl sites for hydroxylation is 1. The maximum Gasteiger partial charge on any atom is 0.187 e. The van der Waals surface area contributed by atoms with Crippen LogP contribution < -0.4 is 5.32 Å². The van der Waals surface area contributed by atoms with E-state index in [1.807, 2.05) is 24.3 Å². The fourth-order valence-corrected chi connectivity index (χ4v) is 3.48. The molecule has 0 fully saturated rings. The summed E-state index contributed by atoms with van der Waals surface area (Å²) in [4.78, 5) is 4.63. The summed E-state index contributed by atoms with van der Waals surface area (Å²) in [5, 5.41) is 21.4.